The van der Waals surface area contributed by atoms with E-state index in [0.29, 0.717) is 17.0 Å². The van der Waals surface area contributed by atoms with Gasteiger partial charge in [-0.1, -0.05) is 12.1 Å². The Kier molecular flexibility index (Phi) is 2.20. The summed E-state index contributed by atoms with van der Waals surface area (Å²) in [6, 6.07) is 8.64. The summed E-state index contributed by atoms with van der Waals surface area (Å²) in [5.74, 6) is 0.184. The van der Waals surface area contributed by atoms with Crippen molar-refractivity contribution in [2.45, 2.75) is 6.61 Å². The molecule has 0 amide bonds. The number of aliphatic hydroxyl groups excluding tert-OH is 1. The lowest BCUT2D eigenvalue weighted by molar-refractivity contribution is 0.276. The number of H-pyrrole nitrogens is 1. The molecular weight excluding hydrogens is 180 g/mol. The van der Waals surface area contributed by atoms with Crippen LogP contribution in [0.15, 0.2) is 30.3 Å². The number of hydrogen-bond acceptors (Lipinski definition) is 3. The van der Waals surface area contributed by atoms with Gasteiger partial charge in [0.15, 0.2) is 0 Å². The summed E-state index contributed by atoms with van der Waals surface area (Å²) in [6.45, 7) is -0.0827. The Hall–Kier alpha value is -1.81. The summed E-state index contributed by atoms with van der Waals surface area (Å²) in [7, 11) is 0. The third kappa shape index (κ3) is 1.47. The van der Waals surface area contributed by atoms with Gasteiger partial charge in [0.1, 0.15) is 5.75 Å². The molecule has 4 nitrogen and oxygen atoms in total. The number of phenolic OH excluding ortho intramolecular Hbond substituents is 1. The Morgan fingerprint density at radius 1 is 1.29 bits per heavy atom. The third-order valence-corrected chi connectivity index (χ3v) is 1.98. The van der Waals surface area contributed by atoms with Gasteiger partial charge in [0.2, 0.25) is 0 Å². The van der Waals surface area contributed by atoms with E-state index < -0.39 is 0 Å². The Balaban J connectivity index is 2.44. The van der Waals surface area contributed by atoms with Crippen LogP contribution in [-0.4, -0.2) is 20.4 Å². The maximum atomic E-state index is 9.53. The molecule has 14 heavy (non-hydrogen) atoms. The van der Waals surface area contributed by atoms with Crippen LogP contribution in [0.25, 0.3) is 11.3 Å². The molecule has 3 N–H and O–H groups in total. The lowest BCUT2D eigenvalue weighted by atomic mass is 10.1. The Morgan fingerprint density at radius 3 is 2.71 bits per heavy atom. The second-order valence-electron chi connectivity index (χ2n) is 2.95. The van der Waals surface area contributed by atoms with Gasteiger partial charge in [0, 0.05) is 5.56 Å². The highest BCUT2D eigenvalue weighted by Gasteiger charge is 2.06. The Bertz CT molecular complexity index is 437. The molecule has 0 saturated heterocycles. The third-order valence-electron chi connectivity index (χ3n) is 1.98. The van der Waals surface area contributed by atoms with Crippen LogP contribution in [0.1, 0.15) is 5.69 Å². The molecule has 0 unspecified atom stereocenters. The van der Waals surface area contributed by atoms with Crippen molar-refractivity contribution >= 4 is 0 Å². The molecule has 0 spiro atoms. The lowest BCUT2D eigenvalue weighted by Gasteiger charge is -1.98. The first kappa shape index (κ1) is 8.77. The van der Waals surface area contributed by atoms with Crippen molar-refractivity contribution in [2.24, 2.45) is 0 Å². The van der Waals surface area contributed by atoms with E-state index in [1.165, 1.54) is 0 Å². The minimum atomic E-state index is -0.0827. The highest BCUT2D eigenvalue weighted by atomic mass is 16.3. The predicted octanol–water partition coefficient (Wildman–Crippen LogP) is 1.27. The van der Waals surface area contributed by atoms with Crippen LogP contribution < -0.4 is 0 Å². The lowest BCUT2D eigenvalue weighted by Crippen LogP contribution is -1.79. The topological polar surface area (TPSA) is 69.1 Å². The van der Waals surface area contributed by atoms with Gasteiger partial charge >= 0.3 is 0 Å². The summed E-state index contributed by atoms with van der Waals surface area (Å²) in [5, 5.41) is 25.0. The molecule has 0 bridgehead atoms. The van der Waals surface area contributed by atoms with Gasteiger partial charge in [0.05, 0.1) is 18.0 Å². The van der Waals surface area contributed by atoms with Crippen LogP contribution in [0, 0.1) is 0 Å². The van der Waals surface area contributed by atoms with Gasteiger partial charge in [-0.25, -0.2) is 0 Å². The van der Waals surface area contributed by atoms with E-state index in [4.69, 9.17) is 5.11 Å². The maximum absolute atomic E-state index is 9.53. The maximum Gasteiger partial charge on any atom is 0.125 e. The van der Waals surface area contributed by atoms with Crippen LogP contribution in [0.5, 0.6) is 5.75 Å². The van der Waals surface area contributed by atoms with E-state index in [-0.39, 0.29) is 12.4 Å². The summed E-state index contributed by atoms with van der Waals surface area (Å²) in [6.07, 6.45) is 0. The molecule has 0 radical (unpaired) electrons. The number of nitrogens with zero attached hydrogens (tertiary/aromatic N) is 1. The molecule has 0 aliphatic rings. The minimum Gasteiger partial charge on any atom is -0.507 e. The first-order valence-electron chi connectivity index (χ1n) is 4.25. The smallest absolute Gasteiger partial charge is 0.125 e. The fraction of sp³-hybridized carbons (Fsp3) is 0.100. The number of hydrogen-bond donors (Lipinski definition) is 3. The molecule has 0 saturated carbocycles. The summed E-state index contributed by atoms with van der Waals surface area (Å²) < 4.78 is 0. The summed E-state index contributed by atoms with van der Waals surface area (Å²) in [4.78, 5) is 0. The number of nitrogens with one attached hydrogen (secondary N) is 1. The largest absolute Gasteiger partial charge is 0.507 e. The van der Waals surface area contributed by atoms with E-state index in [0.717, 1.165) is 0 Å². The van der Waals surface area contributed by atoms with E-state index in [9.17, 15) is 5.11 Å². The molecule has 2 rings (SSSR count). The predicted molar refractivity (Wildman–Crippen MR) is 51.6 cm³/mol. The molecule has 4 heteroatoms. The van der Waals surface area contributed by atoms with Crippen molar-refractivity contribution in [2.75, 3.05) is 0 Å². The van der Waals surface area contributed by atoms with Crippen molar-refractivity contribution < 1.29 is 10.2 Å². The van der Waals surface area contributed by atoms with Crippen LogP contribution in [-0.2, 0) is 6.61 Å². The van der Waals surface area contributed by atoms with Crippen LogP contribution in [0.3, 0.4) is 0 Å². The SMILES string of the molecule is OCc1cc(-c2ccccc2O)n[nH]1. The normalized spacial score (nSPS) is 10.4. The average molecular weight is 190 g/mol. The molecule has 72 valence electrons. The zero-order valence-electron chi connectivity index (χ0n) is 7.44. The van der Waals surface area contributed by atoms with E-state index in [1.807, 2.05) is 6.07 Å². The van der Waals surface area contributed by atoms with Crippen molar-refractivity contribution in [1.82, 2.24) is 10.2 Å². The van der Waals surface area contributed by atoms with Crippen molar-refractivity contribution in [1.29, 1.82) is 0 Å². The number of aliphatic hydroxyl groups is 1. The number of aromatic amines is 1. The standard InChI is InChI=1S/C10H10N2O2/c13-6-7-5-9(12-11-7)8-3-1-2-4-10(8)14/h1-5,13-14H,6H2,(H,11,12). The van der Waals surface area contributed by atoms with Gasteiger partial charge in [0.25, 0.3) is 0 Å². The highest BCUT2D eigenvalue weighted by molar-refractivity contribution is 5.66. The van der Waals surface area contributed by atoms with Gasteiger partial charge in [-0.2, -0.15) is 5.10 Å². The minimum absolute atomic E-state index is 0.0827. The zero-order valence-corrected chi connectivity index (χ0v) is 7.44. The molecular formula is C10H10N2O2. The summed E-state index contributed by atoms with van der Waals surface area (Å²) in [5.41, 5.74) is 1.92. The fourth-order valence-corrected chi connectivity index (χ4v) is 1.27. The Morgan fingerprint density at radius 2 is 2.07 bits per heavy atom. The van der Waals surface area contributed by atoms with Crippen molar-refractivity contribution in [3.8, 4) is 17.0 Å². The second-order valence-corrected chi connectivity index (χ2v) is 2.95. The first-order chi connectivity index (χ1) is 6.81. The second kappa shape index (κ2) is 3.51. The van der Waals surface area contributed by atoms with Crippen molar-refractivity contribution in [3.05, 3.63) is 36.0 Å². The average Bonchev–Trinajstić information content (AvgIpc) is 2.67. The molecule has 0 aliphatic carbocycles. The van der Waals surface area contributed by atoms with E-state index in [1.54, 1.807) is 24.3 Å². The molecule has 0 atom stereocenters. The zero-order chi connectivity index (χ0) is 9.97. The fourth-order valence-electron chi connectivity index (χ4n) is 1.27. The number of rotatable bonds is 2. The first-order valence-corrected chi connectivity index (χ1v) is 4.25. The summed E-state index contributed by atoms with van der Waals surface area (Å²) >= 11 is 0. The molecule has 1 aromatic heterocycles. The molecule has 1 heterocycles. The van der Waals surface area contributed by atoms with Crippen molar-refractivity contribution in [3.63, 3.8) is 0 Å². The Labute approximate surface area is 80.8 Å². The van der Waals surface area contributed by atoms with Gasteiger partial charge in [-0.3, -0.25) is 5.10 Å². The van der Waals surface area contributed by atoms with Gasteiger partial charge < -0.3 is 10.2 Å². The molecule has 2 aromatic rings. The number of phenols is 1. The van der Waals surface area contributed by atoms with Gasteiger partial charge in [-0.15, -0.1) is 0 Å². The highest BCUT2D eigenvalue weighted by Crippen LogP contribution is 2.26. The molecule has 1 aromatic carbocycles. The number of benzene rings is 1. The van der Waals surface area contributed by atoms with Crippen LogP contribution in [0.4, 0.5) is 0 Å². The number of aromatic nitrogens is 2. The quantitative estimate of drug-likeness (QED) is 0.668. The van der Waals surface area contributed by atoms with E-state index in [2.05, 4.69) is 10.2 Å². The number of para-hydroxylation sites is 1. The number of aromatic hydroxyl groups is 1. The molecule has 0 fully saturated rings. The van der Waals surface area contributed by atoms with Crippen LogP contribution in [0.2, 0.25) is 0 Å². The van der Waals surface area contributed by atoms with Gasteiger partial charge in [-0.05, 0) is 18.2 Å². The van der Waals surface area contributed by atoms with Crippen LogP contribution >= 0.6 is 0 Å². The monoisotopic (exact) mass is 190 g/mol. The van der Waals surface area contributed by atoms with E-state index >= 15 is 0 Å². The molecule has 0 aliphatic heterocycles.